The van der Waals surface area contributed by atoms with Crippen molar-refractivity contribution >= 4 is 12.0 Å². The summed E-state index contributed by atoms with van der Waals surface area (Å²) < 4.78 is 6.67. The lowest BCUT2D eigenvalue weighted by Gasteiger charge is -2.06. The molecule has 0 aromatic carbocycles. The van der Waals surface area contributed by atoms with Crippen LogP contribution < -0.4 is 10.6 Å². The first-order valence-corrected chi connectivity index (χ1v) is 5.87. The fraction of sp³-hybridized carbons (Fsp3) is 0.250. The Hall–Kier alpha value is -2.77. The average Bonchev–Trinajstić information content (AvgIpc) is 3.03. The van der Waals surface area contributed by atoms with Crippen LogP contribution in [0.25, 0.3) is 0 Å². The van der Waals surface area contributed by atoms with Gasteiger partial charge in [-0.05, 0) is 18.2 Å². The summed E-state index contributed by atoms with van der Waals surface area (Å²) in [4.78, 5) is 22.2. The molecule has 0 aliphatic rings. The summed E-state index contributed by atoms with van der Waals surface area (Å²) in [6, 6.07) is 4.27. The summed E-state index contributed by atoms with van der Waals surface area (Å²) in [7, 11) is 1.78. The lowest BCUT2D eigenvalue weighted by molar-refractivity contribution is 0.0660. The smallest absolute Gasteiger partial charge is 0.371 e. The third kappa shape index (κ3) is 3.37. The fourth-order valence-electron chi connectivity index (χ4n) is 1.56. The highest BCUT2D eigenvalue weighted by Crippen LogP contribution is 2.07. The van der Waals surface area contributed by atoms with Crippen molar-refractivity contribution in [1.29, 1.82) is 0 Å². The van der Waals surface area contributed by atoms with Gasteiger partial charge in [-0.1, -0.05) is 0 Å². The minimum atomic E-state index is -1.14. The molecule has 0 bridgehead atoms. The maximum absolute atomic E-state index is 11.6. The molecule has 3 N–H and O–H groups in total. The molecular formula is C12H14N4O4. The Morgan fingerprint density at radius 3 is 2.65 bits per heavy atom. The highest BCUT2D eigenvalue weighted by atomic mass is 16.4. The molecule has 20 heavy (non-hydrogen) atoms. The molecule has 0 saturated heterocycles. The molecule has 2 aromatic heterocycles. The molecule has 0 aliphatic heterocycles. The van der Waals surface area contributed by atoms with E-state index in [2.05, 4.69) is 15.7 Å². The molecule has 0 unspecified atom stereocenters. The lowest BCUT2D eigenvalue weighted by atomic mass is 10.4. The van der Waals surface area contributed by atoms with Gasteiger partial charge in [0.05, 0.1) is 18.8 Å². The van der Waals surface area contributed by atoms with Crippen LogP contribution in [0, 0.1) is 0 Å². The number of urea groups is 1. The summed E-state index contributed by atoms with van der Waals surface area (Å²) in [5.74, 6) is -0.924. The summed E-state index contributed by atoms with van der Waals surface area (Å²) in [6.45, 7) is 0.464. The first-order valence-electron chi connectivity index (χ1n) is 5.87. The summed E-state index contributed by atoms with van der Waals surface area (Å²) in [5.41, 5.74) is 0.867. The van der Waals surface area contributed by atoms with E-state index in [1.165, 1.54) is 12.1 Å². The number of rotatable bonds is 5. The molecule has 0 atom stereocenters. The largest absolute Gasteiger partial charge is 0.475 e. The van der Waals surface area contributed by atoms with Crippen molar-refractivity contribution in [2.24, 2.45) is 7.05 Å². The van der Waals surface area contributed by atoms with Gasteiger partial charge in [-0.15, -0.1) is 0 Å². The van der Waals surface area contributed by atoms with E-state index < -0.39 is 5.97 Å². The second-order valence-corrected chi connectivity index (χ2v) is 4.05. The Morgan fingerprint density at radius 2 is 2.05 bits per heavy atom. The molecule has 8 heteroatoms. The zero-order valence-electron chi connectivity index (χ0n) is 10.8. The van der Waals surface area contributed by atoms with E-state index in [-0.39, 0.29) is 18.3 Å². The van der Waals surface area contributed by atoms with Crippen LogP contribution in [0.5, 0.6) is 0 Å². The van der Waals surface area contributed by atoms with Gasteiger partial charge in [0.2, 0.25) is 5.76 Å². The maximum atomic E-state index is 11.6. The van der Waals surface area contributed by atoms with Crippen LogP contribution in [0.2, 0.25) is 0 Å². The van der Waals surface area contributed by atoms with E-state index >= 15 is 0 Å². The van der Waals surface area contributed by atoms with Gasteiger partial charge in [0.25, 0.3) is 0 Å². The number of carbonyl (C=O) groups excluding carboxylic acids is 1. The van der Waals surface area contributed by atoms with E-state index in [0.717, 1.165) is 5.69 Å². The molecule has 106 valence electrons. The van der Waals surface area contributed by atoms with E-state index in [4.69, 9.17) is 9.52 Å². The number of hydrogen-bond acceptors (Lipinski definition) is 4. The molecule has 0 spiro atoms. The Balaban J connectivity index is 1.77. The number of hydrogen-bond donors (Lipinski definition) is 3. The topological polar surface area (TPSA) is 109 Å². The second-order valence-electron chi connectivity index (χ2n) is 4.05. The number of carboxylic acid groups (broad SMARTS) is 1. The van der Waals surface area contributed by atoms with Crippen LogP contribution in [-0.4, -0.2) is 26.9 Å². The van der Waals surface area contributed by atoms with Crippen molar-refractivity contribution in [3.8, 4) is 0 Å². The third-order valence-corrected chi connectivity index (χ3v) is 2.65. The Morgan fingerprint density at radius 1 is 1.30 bits per heavy atom. The SMILES string of the molecule is Cn1nccc1CNC(=O)NCc1ccc(C(=O)O)o1. The van der Waals surface area contributed by atoms with Gasteiger partial charge in [-0.3, -0.25) is 4.68 Å². The molecule has 2 heterocycles. The van der Waals surface area contributed by atoms with E-state index in [9.17, 15) is 9.59 Å². The average molecular weight is 278 g/mol. The number of carboxylic acids is 1. The molecule has 0 radical (unpaired) electrons. The third-order valence-electron chi connectivity index (χ3n) is 2.65. The Labute approximate surface area is 114 Å². The minimum absolute atomic E-state index is 0.116. The highest BCUT2D eigenvalue weighted by Gasteiger charge is 2.09. The maximum Gasteiger partial charge on any atom is 0.371 e. The molecule has 2 rings (SSSR count). The Bertz CT molecular complexity index is 617. The number of aromatic nitrogens is 2. The van der Waals surface area contributed by atoms with E-state index in [0.29, 0.717) is 12.3 Å². The van der Waals surface area contributed by atoms with Gasteiger partial charge >= 0.3 is 12.0 Å². The standard InChI is InChI=1S/C12H14N4O4/c1-16-8(4-5-15-16)6-13-12(19)14-7-9-2-3-10(20-9)11(17)18/h2-5H,6-7H2,1H3,(H,17,18)(H2,13,14,19). The molecule has 2 amide bonds. The molecule has 0 saturated carbocycles. The first kappa shape index (κ1) is 13.7. The van der Waals surface area contributed by atoms with E-state index in [1.807, 2.05) is 0 Å². The van der Waals surface area contributed by atoms with Crippen molar-refractivity contribution < 1.29 is 19.1 Å². The van der Waals surface area contributed by atoms with Crippen LogP contribution in [-0.2, 0) is 20.1 Å². The summed E-state index contributed by atoms with van der Waals surface area (Å²) in [5, 5.41) is 17.9. The van der Waals surface area contributed by atoms with Gasteiger partial charge < -0.3 is 20.2 Å². The van der Waals surface area contributed by atoms with Crippen LogP contribution in [0.15, 0.2) is 28.8 Å². The monoisotopic (exact) mass is 278 g/mol. The number of carbonyl (C=O) groups is 2. The van der Waals surface area contributed by atoms with Crippen molar-refractivity contribution in [3.63, 3.8) is 0 Å². The van der Waals surface area contributed by atoms with Gasteiger partial charge in [0.1, 0.15) is 5.76 Å². The van der Waals surface area contributed by atoms with Crippen molar-refractivity contribution in [2.45, 2.75) is 13.1 Å². The van der Waals surface area contributed by atoms with Crippen LogP contribution in [0.3, 0.4) is 0 Å². The number of aromatic carboxylic acids is 1. The number of nitrogens with zero attached hydrogens (tertiary/aromatic N) is 2. The molecule has 0 fully saturated rings. The molecular weight excluding hydrogens is 264 g/mol. The number of aryl methyl sites for hydroxylation is 1. The lowest BCUT2D eigenvalue weighted by Crippen LogP contribution is -2.34. The zero-order valence-corrected chi connectivity index (χ0v) is 10.8. The van der Waals surface area contributed by atoms with Crippen molar-refractivity contribution in [3.05, 3.63) is 41.6 Å². The fourth-order valence-corrected chi connectivity index (χ4v) is 1.56. The summed E-state index contributed by atoms with van der Waals surface area (Å²) in [6.07, 6.45) is 1.64. The zero-order chi connectivity index (χ0) is 14.5. The molecule has 8 nitrogen and oxygen atoms in total. The van der Waals surface area contributed by atoms with Gasteiger partial charge in [-0.2, -0.15) is 5.10 Å². The van der Waals surface area contributed by atoms with Gasteiger partial charge in [0, 0.05) is 13.2 Å². The predicted octanol–water partition coefficient (Wildman–Crippen LogP) is 0.711. The quantitative estimate of drug-likeness (QED) is 0.746. The minimum Gasteiger partial charge on any atom is -0.475 e. The van der Waals surface area contributed by atoms with Gasteiger partial charge in [0.15, 0.2) is 0 Å². The van der Waals surface area contributed by atoms with Crippen LogP contribution in [0.4, 0.5) is 4.79 Å². The van der Waals surface area contributed by atoms with Crippen LogP contribution >= 0.6 is 0 Å². The van der Waals surface area contributed by atoms with Crippen molar-refractivity contribution in [1.82, 2.24) is 20.4 Å². The number of nitrogens with one attached hydrogen (secondary N) is 2. The molecule has 0 aliphatic carbocycles. The second kappa shape index (κ2) is 5.91. The number of furan rings is 1. The summed E-state index contributed by atoms with van der Waals surface area (Å²) >= 11 is 0. The van der Waals surface area contributed by atoms with Crippen molar-refractivity contribution in [2.75, 3.05) is 0 Å². The van der Waals surface area contributed by atoms with Gasteiger partial charge in [-0.25, -0.2) is 9.59 Å². The van der Waals surface area contributed by atoms with E-state index in [1.54, 1.807) is 24.0 Å². The number of amides is 2. The van der Waals surface area contributed by atoms with Crippen LogP contribution in [0.1, 0.15) is 22.0 Å². The highest BCUT2D eigenvalue weighted by molar-refractivity contribution is 5.84. The predicted molar refractivity (Wildman–Crippen MR) is 68.0 cm³/mol. The Kier molecular flexibility index (Phi) is 4.04. The normalized spacial score (nSPS) is 10.2. The molecule has 2 aromatic rings. The first-order chi connectivity index (χ1) is 9.56.